The molecule has 0 aliphatic carbocycles. The number of rotatable bonds is 3. The third-order valence-corrected chi connectivity index (χ3v) is 5.00. The van der Waals surface area contributed by atoms with Crippen LogP contribution < -0.4 is 0 Å². The highest BCUT2D eigenvalue weighted by Crippen LogP contribution is 2.38. The Hall–Kier alpha value is -2.40. The van der Waals surface area contributed by atoms with Gasteiger partial charge in [-0.25, -0.2) is 14.8 Å². The number of hydrogen-bond acceptors (Lipinski definition) is 4. The number of halogens is 1. The second-order valence-electron chi connectivity index (χ2n) is 6.38. The van der Waals surface area contributed by atoms with E-state index in [2.05, 4.69) is 16.0 Å². The van der Waals surface area contributed by atoms with E-state index in [4.69, 9.17) is 16.3 Å². The highest BCUT2D eigenvalue weighted by atomic mass is 35.5. The Morgan fingerprint density at radius 1 is 1.20 bits per heavy atom. The van der Waals surface area contributed by atoms with Crippen LogP contribution in [-0.2, 0) is 11.3 Å². The largest absolute Gasteiger partial charge is 0.445 e. The van der Waals surface area contributed by atoms with Gasteiger partial charge in [0, 0.05) is 24.0 Å². The molecule has 0 spiro atoms. The van der Waals surface area contributed by atoms with Gasteiger partial charge in [0.05, 0.1) is 6.04 Å². The second-order valence-corrected chi connectivity index (χ2v) is 6.72. The molecule has 128 valence electrons. The number of fused-ring (bicyclic) bond motifs is 2. The lowest BCUT2D eigenvalue weighted by molar-refractivity contribution is 0.0832. The van der Waals surface area contributed by atoms with Crippen molar-refractivity contribution >= 4 is 23.3 Å². The quantitative estimate of drug-likeness (QED) is 0.778. The van der Waals surface area contributed by atoms with E-state index in [1.165, 1.54) is 5.57 Å². The molecule has 25 heavy (non-hydrogen) atoms. The summed E-state index contributed by atoms with van der Waals surface area (Å²) in [7, 11) is 0. The van der Waals surface area contributed by atoms with E-state index in [1.807, 2.05) is 35.2 Å². The van der Waals surface area contributed by atoms with E-state index in [0.29, 0.717) is 6.61 Å². The summed E-state index contributed by atoms with van der Waals surface area (Å²) >= 11 is 5.76. The smallest absolute Gasteiger partial charge is 0.410 e. The minimum atomic E-state index is -0.237. The number of benzene rings is 1. The summed E-state index contributed by atoms with van der Waals surface area (Å²) < 4.78 is 5.52. The van der Waals surface area contributed by atoms with Crippen molar-refractivity contribution in [3.8, 4) is 0 Å². The van der Waals surface area contributed by atoms with Crippen LogP contribution in [0.3, 0.4) is 0 Å². The fourth-order valence-electron chi connectivity index (χ4n) is 3.60. The summed E-state index contributed by atoms with van der Waals surface area (Å²) in [5, 5.41) is 0.245. The second kappa shape index (κ2) is 6.84. The maximum absolute atomic E-state index is 12.6. The van der Waals surface area contributed by atoms with E-state index in [0.717, 1.165) is 30.4 Å². The van der Waals surface area contributed by atoms with Gasteiger partial charge in [-0.2, -0.15) is 0 Å². The summed E-state index contributed by atoms with van der Waals surface area (Å²) in [6.45, 7) is 0.303. The molecular weight excluding hydrogens is 338 g/mol. The maximum atomic E-state index is 12.6. The van der Waals surface area contributed by atoms with Gasteiger partial charge in [0.1, 0.15) is 6.61 Å². The summed E-state index contributed by atoms with van der Waals surface area (Å²) in [5.41, 5.74) is 3.14. The normalized spacial score (nSPS) is 21.8. The molecule has 3 heterocycles. The van der Waals surface area contributed by atoms with Crippen molar-refractivity contribution in [2.45, 2.75) is 38.0 Å². The van der Waals surface area contributed by atoms with Gasteiger partial charge in [-0.15, -0.1) is 0 Å². The molecule has 2 unspecified atom stereocenters. The van der Waals surface area contributed by atoms with Crippen molar-refractivity contribution in [1.82, 2.24) is 14.9 Å². The van der Waals surface area contributed by atoms with Gasteiger partial charge in [0.25, 0.3) is 0 Å². The molecule has 2 aliphatic rings. The minimum absolute atomic E-state index is 0.0766. The molecule has 2 aliphatic heterocycles. The van der Waals surface area contributed by atoms with E-state index >= 15 is 0 Å². The molecule has 1 fully saturated rings. The lowest BCUT2D eigenvalue weighted by Crippen LogP contribution is -2.43. The molecule has 2 aromatic rings. The molecular formula is C19H18ClN3O2. The van der Waals surface area contributed by atoms with Gasteiger partial charge >= 0.3 is 6.09 Å². The number of hydrogen-bond donors (Lipinski definition) is 0. The van der Waals surface area contributed by atoms with Crippen LogP contribution in [0.4, 0.5) is 4.79 Å². The van der Waals surface area contributed by atoms with Crippen LogP contribution in [0, 0.1) is 0 Å². The van der Waals surface area contributed by atoms with Crippen molar-refractivity contribution in [2.24, 2.45) is 0 Å². The Kier molecular flexibility index (Phi) is 4.40. The molecule has 5 nitrogen and oxygen atoms in total. The summed E-state index contributed by atoms with van der Waals surface area (Å²) in [4.78, 5) is 22.5. The number of amides is 1. The molecule has 4 rings (SSSR count). The third kappa shape index (κ3) is 3.37. The van der Waals surface area contributed by atoms with Crippen molar-refractivity contribution < 1.29 is 9.53 Å². The van der Waals surface area contributed by atoms with Gasteiger partial charge in [0.2, 0.25) is 5.28 Å². The molecule has 6 heteroatoms. The predicted molar refractivity (Wildman–Crippen MR) is 94.9 cm³/mol. The van der Waals surface area contributed by atoms with Crippen LogP contribution in [0.5, 0.6) is 0 Å². The van der Waals surface area contributed by atoms with Gasteiger partial charge in [-0.05, 0) is 42.0 Å². The predicted octanol–water partition coefficient (Wildman–Crippen LogP) is 4.09. The molecule has 2 atom stereocenters. The number of carbonyl (C=O) groups excluding carboxylic acids is 1. The number of carbonyl (C=O) groups is 1. The third-order valence-electron chi connectivity index (χ3n) is 4.80. The van der Waals surface area contributed by atoms with E-state index in [9.17, 15) is 4.79 Å². The van der Waals surface area contributed by atoms with Crippen LogP contribution in [0.15, 0.2) is 48.8 Å². The van der Waals surface area contributed by atoms with Crippen molar-refractivity contribution in [2.75, 3.05) is 0 Å². The first-order valence-electron chi connectivity index (χ1n) is 8.38. The average molecular weight is 356 g/mol. The molecule has 1 amide bonds. The highest BCUT2D eigenvalue weighted by molar-refractivity contribution is 6.28. The number of aromatic nitrogens is 2. The molecule has 0 saturated carbocycles. The molecule has 0 N–H and O–H groups in total. The monoisotopic (exact) mass is 355 g/mol. The van der Waals surface area contributed by atoms with Crippen LogP contribution >= 0.6 is 11.6 Å². The van der Waals surface area contributed by atoms with Crippen molar-refractivity contribution in [3.63, 3.8) is 0 Å². The minimum Gasteiger partial charge on any atom is -0.445 e. The zero-order valence-corrected chi connectivity index (χ0v) is 14.4. The van der Waals surface area contributed by atoms with Crippen molar-refractivity contribution in [3.05, 3.63) is 65.2 Å². The summed E-state index contributed by atoms with van der Waals surface area (Å²) in [6.07, 6.45) is 8.12. The Labute approximate surface area is 151 Å². The molecule has 2 bridgehead atoms. The first-order valence-corrected chi connectivity index (χ1v) is 8.76. The van der Waals surface area contributed by atoms with Gasteiger partial charge in [-0.3, -0.25) is 4.90 Å². The lowest BCUT2D eigenvalue weighted by atomic mass is 9.97. The molecule has 1 aromatic heterocycles. The first kappa shape index (κ1) is 16.1. The highest BCUT2D eigenvalue weighted by Gasteiger charge is 2.40. The van der Waals surface area contributed by atoms with Gasteiger partial charge in [0.15, 0.2) is 0 Å². The number of ether oxygens (including phenoxy) is 1. The van der Waals surface area contributed by atoms with E-state index in [1.54, 1.807) is 12.4 Å². The van der Waals surface area contributed by atoms with Gasteiger partial charge < -0.3 is 4.74 Å². The Balaban J connectivity index is 1.46. The average Bonchev–Trinajstić information content (AvgIpc) is 2.91. The standard InChI is InChI=1S/C19H18ClN3O2/c20-18-21-10-15(11-22-18)14-8-16-6-7-17(9-14)23(16)19(24)25-12-13-4-2-1-3-5-13/h1-5,8,10-11,16-17H,6-7,9,12H2. The topological polar surface area (TPSA) is 55.3 Å². The van der Waals surface area contributed by atoms with Crippen LogP contribution in [-0.4, -0.2) is 33.0 Å². The van der Waals surface area contributed by atoms with Crippen LogP contribution in [0.2, 0.25) is 5.28 Å². The van der Waals surface area contributed by atoms with Gasteiger partial charge in [-0.1, -0.05) is 36.4 Å². The van der Waals surface area contributed by atoms with Crippen molar-refractivity contribution in [1.29, 1.82) is 0 Å². The first-order chi connectivity index (χ1) is 12.2. The maximum Gasteiger partial charge on any atom is 0.410 e. The van der Waals surface area contributed by atoms with E-state index in [-0.39, 0.29) is 23.5 Å². The fraction of sp³-hybridized carbons (Fsp3) is 0.316. The zero-order valence-electron chi connectivity index (χ0n) is 13.6. The Morgan fingerprint density at radius 3 is 2.68 bits per heavy atom. The molecule has 0 radical (unpaired) electrons. The SMILES string of the molecule is O=C(OCc1ccccc1)N1C2C=C(c3cnc(Cl)nc3)CC1CC2. The van der Waals surface area contributed by atoms with E-state index < -0.39 is 0 Å². The fourth-order valence-corrected chi connectivity index (χ4v) is 3.70. The van der Waals surface area contributed by atoms with Crippen LogP contribution in [0.1, 0.15) is 30.4 Å². The van der Waals surface area contributed by atoms with Crippen LogP contribution in [0.25, 0.3) is 5.57 Å². The zero-order chi connectivity index (χ0) is 17.2. The molecule has 1 aromatic carbocycles. The summed E-state index contributed by atoms with van der Waals surface area (Å²) in [6, 6.07) is 9.99. The lowest BCUT2D eigenvalue weighted by Gasteiger charge is -2.33. The Morgan fingerprint density at radius 2 is 1.96 bits per heavy atom. The Bertz CT molecular complexity index is 792. The number of nitrogens with zero attached hydrogens (tertiary/aromatic N) is 3. The molecule has 1 saturated heterocycles. The summed E-state index contributed by atoms with van der Waals surface area (Å²) in [5.74, 6) is 0.